The molecule has 158 valence electrons. The lowest BCUT2D eigenvalue weighted by molar-refractivity contribution is 0.0147. The van der Waals surface area contributed by atoms with Gasteiger partial charge in [0.1, 0.15) is 24.3 Å². The van der Waals surface area contributed by atoms with Gasteiger partial charge in [0.2, 0.25) is 0 Å². The Hall–Kier alpha value is -2.36. The van der Waals surface area contributed by atoms with Crippen LogP contribution in [0.15, 0.2) is 11.3 Å². The molecule has 0 spiro atoms. The largest absolute Gasteiger partial charge is 0.444 e. The number of carbonyl (C=O) groups excluding carboxylic acids is 1. The maximum absolute atomic E-state index is 12.1. The molecule has 0 saturated carbocycles. The van der Waals surface area contributed by atoms with E-state index in [0.717, 1.165) is 44.5 Å². The molecule has 1 saturated heterocycles. The molecule has 10 heteroatoms. The van der Waals surface area contributed by atoms with Gasteiger partial charge in [-0.3, -0.25) is 9.58 Å². The van der Waals surface area contributed by atoms with Crippen LogP contribution in [0.1, 0.15) is 33.5 Å². The minimum absolute atomic E-state index is 0.226. The first-order valence-corrected chi connectivity index (χ1v) is 9.84. The van der Waals surface area contributed by atoms with E-state index < -0.39 is 5.60 Å². The summed E-state index contributed by atoms with van der Waals surface area (Å²) >= 11 is 0. The summed E-state index contributed by atoms with van der Waals surface area (Å²) in [5.74, 6) is 1.58. The zero-order valence-corrected chi connectivity index (χ0v) is 17.7. The number of nitrogens with one attached hydrogen (secondary N) is 2. The molecule has 0 atom stereocenters. The van der Waals surface area contributed by atoms with Gasteiger partial charge in [-0.2, -0.15) is 5.10 Å². The average Bonchev–Trinajstić information content (AvgIpc) is 3.03. The second-order valence-corrected chi connectivity index (χ2v) is 7.73. The van der Waals surface area contributed by atoms with Gasteiger partial charge in [0.15, 0.2) is 5.96 Å². The van der Waals surface area contributed by atoms with E-state index in [1.165, 1.54) is 6.33 Å². The van der Waals surface area contributed by atoms with Crippen molar-refractivity contribution in [2.45, 2.75) is 39.8 Å². The van der Waals surface area contributed by atoms with Gasteiger partial charge in [-0.25, -0.2) is 14.8 Å². The number of aliphatic imine (C=N–C) groups is 1. The number of ether oxygens (including phenoxy) is 1. The van der Waals surface area contributed by atoms with E-state index in [2.05, 4.69) is 30.6 Å². The summed E-state index contributed by atoms with van der Waals surface area (Å²) in [4.78, 5) is 25.0. The molecule has 1 aromatic heterocycles. The molecule has 0 aromatic carbocycles. The fourth-order valence-corrected chi connectivity index (χ4v) is 2.77. The minimum Gasteiger partial charge on any atom is -0.444 e. The third-order valence-corrected chi connectivity index (χ3v) is 4.27. The minimum atomic E-state index is -0.453. The second kappa shape index (κ2) is 10.3. The van der Waals surface area contributed by atoms with Crippen molar-refractivity contribution in [2.75, 3.05) is 45.8 Å². The SMILES string of the molecule is CCNC(=NCc1ncnn1C)NCCN1CCN(C(=O)OC(C)(C)C)CC1. The molecule has 10 nitrogen and oxygen atoms in total. The van der Waals surface area contributed by atoms with Crippen LogP contribution in [0.5, 0.6) is 0 Å². The first-order valence-electron chi connectivity index (χ1n) is 9.84. The summed E-state index contributed by atoms with van der Waals surface area (Å²) < 4.78 is 7.16. The predicted octanol–water partition coefficient (Wildman–Crippen LogP) is 0.423. The van der Waals surface area contributed by atoms with Crippen molar-refractivity contribution in [1.29, 1.82) is 0 Å². The molecule has 2 N–H and O–H groups in total. The highest BCUT2D eigenvalue weighted by Crippen LogP contribution is 2.11. The monoisotopic (exact) mass is 394 g/mol. The number of amides is 1. The maximum Gasteiger partial charge on any atom is 0.410 e. The zero-order chi connectivity index (χ0) is 20.6. The fourth-order valence-electron chi connectivity index (χ4n) is 2.77. The molecule has 1 amide bonds. The Balaban J connectivity index is 1.71. The highest BCUT2D eigenvalue weighted by molar-refractivity contribution is 5.79. The maximum atomic E-state index is 12.1. The molecule has 0 aliphatic carbocycles. The van der Waals surface area contributed by atoms with Crippen LogP contribution >= 0.6 is 0 Å². The molecule has 2 heterocycles. The molecule has 1 fully saturated rings. The molecule has 1 aliphatic heterocycles. The van der Waals surface area contributed by atoms with Crippen molar-refractivity contribution in [1.82, 2.24) is 35.2 Å². The van der Waals surface area contributed by atoms with E-state index in [1.54, 1.807) is 9.58 Å². The van der Waals surface area contributed by atoms with Crippen LogP contribution in [-0.4, -0.2) is 88.0 Å². The highest BCUT2D eigenvalue weighted by Gasteiger charge is 2.25. The Morgan fingerprint density at radius 3 is 2.54 bits per heavy atom. The first kappa shape index (κ1) is 21.9. The van der Waals surface area contributed by atoms with Crippen LogP contribution in [-0.2, 0) is 18.3 Å². The Bertz CT molecular complexity index is 644. The van der Waals surface area contributed by atoms with E-state index in [9.17, 15) is 4.79 Å². The van der Waals surface area contributed by atoms with Crippen molar-refractivity contribution in [2.24, 2.45) is 12.0 Å². The predicted molar refractivity (Wildman–Crippen MR) is 108 cm³/mol. The van der Waals surface area contributed by atoms with Crippen molar-refractivity contribution >= 4 is 12.1 Å². The van der Waals surface area contributed by atoms with Crippen LogP contribution in [0.4, 0.5) is 4.79 Å². The van der Waals surface area contributed by atoms with Crippen LogP contribution in [0.25, 0.3) is 0 Å². The highest BCUT2D eigenvalue weighted by atomic mass is 16.6. The van der Waals surface area contributed by atoms with Gasteiger partial charge >= 0.3 is 6.09 Å². The third-order valence-electron chi connectivity index (χ3n) is 4.27. The summed E-state index contributed by atoms with van der Waals surface area (Å²) in [6.45, 7) is 13.7. The average molecular weight is 395 g/mol. The lowest BCUT2D eigenvalue weighted by atomic mass is 10.2. The molecular weight excluding hydrogens is 360 g/mol. The molecule has 28 heavy (non-hydrogen) atoms. The Morgan fingerprint density at radius 2 is 1.96 bits per heavy atom. The third kappa shape index (κ3) is 7.34. The van der Waals surface area contributed by atoms with E-state index in [4.69, 9.17) is 4.74 Å². The number of piperazine rings is 1. The Morgan fingerprint density at radius 1 is 1.25 bits per heavy atom. The summed E-state index contributed by atoms with van der Waals surface area (Å²) in [6.07, 6.45) is 1.30. The molecule has 1 aromatic rings. The van der Waals surface area contributed by atoms with Crippen molar-refractivity contribution in [3.8, 4) is 0 Å². The molecule has 1 aliphatic rings. The molecule has 0 unspecified atom stereocenters. The summed E-state index contributed by atoms with van der Waals surface area (Å²) in [6, 6.07) is 0. The van der Waals surface area contributed by atoms with Crippen molar-refractivity contribution in [3.63, 3.8) is 0 Å². The normalized spacial score (nSPS) is 16.2. The molecular formula is C18H34N8O2. The number of carbonyl (C=O) groups is 1. The summed E-state index contributed by atoms with van der Waals surface area (Å²) in [5.41, 5.74) is -0.453. The van der Waals surface area contributed by atoms with E-state index in [-0.39, 0.29) is 6.09 Å². The van der Waals surface area contributed by atoms with Gasteiger partial charge in [0.05, 0.1) is 0 Å². The van der Waals surface area contributed by atoms with Gasteiger partial charge in [-0.1, -0.05) is 0 Å². The number of hydrogen-bond acceptors (Lipinski definition) is 6. The number of hydrogen-bond donors (Lipinski definition) is 2. The molecule has 0 radical (unpaired) electrons. The quantitative estimate of drug-likeness (QED) is 0.533. The number of aromatic nitrogens is 3. The van der Waals surface area contributed by atoms with Gasteiger partial charge < -0.3 is 20.3 Å². The second-order valence-electron chi connectivity index (χ2n) is 7.73. The first-order chi connectivity index (χ1) is 13.3. The topological polar surface area (TPSA) is 99.9 Å². The van der Waals surface area contributed by atoms with Gasteiger partial charge in [-0.05, 0) is 27.7 Å². The Labute approximate surface area is 167 Å². The molecule has 0 bridgehead atoms. The van der Waals surface area contributed by atoms with Gasteiger partial charge in [-0.15, -0.1) is 0 Å². The molecule has 2 rings (SSSR count). The van der Waals surface area contributed by atoms with Crippen molar-refractivity contribution in [3.05, 3.63) is 12.2 Å². The lowest BCUT2D eigenvalue weighted by Gasteiger charge is -2.35. The van der Waals surface area contributed by atoms with E-state index in [1.807, 2.05) is 34.7 Å². The van der Waals surface area contributed by atoms with Crippen LogP contribution in [0.3, 0.4) is 0 Å². The Kier molecular flexibility index (Phi) is 8.04. The van der Waals surface area contributed by atoms with Crippen molar-refractivity contribution < 1.29 is 9.53 Å². The zero-order valence-electron chi connectivity index (χ0n) is 17.7. The van der Waals surface area contributed by atoms with Gasteiger partial charge in [0.25, 0.3) is 0 Å². The smallest absolute Gasteiger partial charge is 0.410 e. The lowest BCUT2D eigenvalue weighted by Crippen LogP contribution is -2.51. The fraction of sp³-hybridized carbons (Fsp3) is 0.778. The van der Waals surface area contributed by atoms with Crippen LogP contribution < -0.4 is 10.6 Å². The number of guanidine groups is 1. The number of rotatable bonds is 6. The standard InChI is InChI=1S/C18H34N8O2/c1-6-19-16(21-13-15-22-14-23-24(15)5)20-7-8-25-9-11-26(12-10-25)17(27)28-18(2,3)4/h14H,6-13H2,1-5H3,(H2,19,20,21). The van der Waals surface area contributed by atoms with E-state index in [0.29, 0.717) is 19.6 Å². The van der Waals surface area contributed by atoms with Crippen LogP contribution in [0, 0.1) is 0 Å². The number of aryl methyl sites for hydroxylation is 1. The van der Waals surface area contributed by atoms with E-state index >= 15 is 0 Å². The summed E-state index contributed by atoms with van der Waals surface area (Å²) in [7, 11) is 1.86. The summed E-state index contributed by atoms with van der Waals surface area (Å²) in [5, 5.41) is 10.6. The van der Waals surface area contributed by atoms with Crippen LogP contribution in [0.2, 0.25) is 0 Å². The number of nitrogens with zero attached hydrogens (tertiary/aromatic N) is 6. The van der Waals surface area contributed by atoms with Gasteiger partial charge in [0, 0.05) is 52.9 Å².